The van der Waals surface area contributed by atoms with E-state index in [1.807, 2.05) is 19.4 Å². The van der Waals surface area contributed by atoms with Gasteiger partial charge in [0, 0.05) is 12.6 Å². The van der Waals surface area contributed by atoms with Crippen LogP contribution in [0.15, 0.2) is 0 Å². The van der Waals surface area contributed by atoms with E-state index in [4.69, 9.17) is 5.84 Å². The first-order chi connectivity index (χ1) is 5.61. The zero-order valence-electron chi connectivity index (χ0n) is 7.92. The van der Waals surface area contributed by atoms with E-state index >= 15 is 0 Å². The number of hydrogen-bond acceptors (Lipinski definition) is 3. The van der Waals surface area contributed by atoms with Crippen molar-refractivity contribution < 1.29 is 4.79 Å². The highest BCUT2D eigenvalue weighted by atomic mass is 16.2. The number of urea groups is 1. The summed E-state index contributed by atoms with van der Waals surface area (Å²) in [6.07, 6.45) is 0. The lowest BCUT2D eigenvalue weighted by Gasteiger charge is -2.22. The predicted molar refractivity (Wildman–Crippen MR) is 48.5 cm³/mol. The Kier molecular flexibility index (Phi) is 5.40. The van der Waals surface area contributed by atoms with Crippen LogP contribution in [0.25, 0.3) is 0 Å². The van der Waals surface area contributed by atoms with Crippen LogP contribution in [-0.2, 0) is 0 Å². The van der Waals surface area contributed by atoms with E-state index < -0.39 is 0 Å². The van der Waals surface area contributed by atoms with Gasteiger partial charge in [-0.15, -0.1) is 0 Å². The molecule has 0 heterocycles. The van der Waals surface area contributed by atoms with Crippen molar-refractivity contribution in [3.8, 4) is 0 Å². The number of hydrogen-bond donors (Lipinski definition) is 3. The van der Waals surface area contributed by atoms with Crippen LogP contribution in [0.2, 0.25) is 0 Å². The lowest BCUT2D eigenvalue weighted by Crippen LogP contribution is -2.45. The first kappa shape index (κ1) is 11.2. The highest BCUT2D eigenvalue weighted by Crippen LogP contribution is 1.91. The lowest BCUT2D eigenvalue weighted by molar-refractivity contribution is 0.229. The van der Waals surface area contributed by atoms with Crippen LogP contribution in [0.4, 0.5) is 4.79 Å². The summed E-state index contributed by atoms with van der Waals surface area (Å²) in [6.45, 7) is 5.68. The summed E-state index contributed by atoms with van der Waals surface area (Å²) >= 11 is 0. The molecule has 2 amide bonds. The van der Waals surface area contributed by atoms with Gasteiger partial charge in [-0.25, -0.2) is 10.6 Å². The van der Waals surface area contributed by atoms with Crippen LogP contribution in [0, 0.1) is 0 Å². The molecule has 0 fully saturated rings. The largest absolute Gasteiger partial charge is 0.335 e. The number of amides is 2. The van der Waals surface area contributed by atoms with Crippen LogP contribution < -0.4 is 16.6 Å². The zero-order valence-corrected chi connectivity index (χ0v) is 7.92. The summed E-state index contributed by atoms with van der Waals surface area (Å²) in [4.78, 5) is 12.8. The van der Waals surface area contributed by atoms with Crippen LogP contribution in [0.3, 0.4) is 0 Å². The highest BCUT2D eigenvalue weighted by Gasteiger charge is 2.07. The smallest absolute Gasteiger partial charge is 0.328 e. The number of nitrogens with one attached hydrogen (secondary N) is 2. The van der Waals surface area contributed by atoms with E-state index in [-0.39, 0.29) is 6.03 Å². The van der Waals surface area contributed by atoms with Crippen molar-refractivity contribution in [3.63, 3.8) is 0 Å². The van der Waals surface area contributed by atoms with Gasteiger partial charge in [-0.1, -0.05) is 6.92 Å². The van der Waals surface area contributed by atoms with Gasteiger partial charge in [-0.3, -0.25) is 5.43 Å². The molecule has 12 heavy (non-hydrogen) atoms. The number of nitrogens with two attached hydrogens (primary N) is 1. The van der Waals surface area contributed by atoms with Crippen molar-refractivity contribution in [3.05, 3.63) is 0 Å². The Morgan fingerprint density at radius 1 is 1.67 bits per heavy atom. The number of nitrogens with zero attached hydrogens (tertiary/aromatic N) is 1. The monoisotopic (exact) mass is 174 g/mol. The Bertz CT molecular complexity index is 139. The minimum absolute atomic E-state index is 0.326. The maximum atomic E-state index is 10.7. The number of carbonyl (C=O) groups is 1. The molecule has 72 valence electrons. The van der Waals surface area contributed by atoms with E-state index in [9.17, 15) is 4.79 Å². The number of carbonyl (C=O) groups excluding carboxylic acids is 1. The molecule has 4 N–H and O–H groups in total. The first-order valence-corrected chi connectivity index (χ1v) is 4.06. The second-order valence-electron chi connectivity index (χ2n) is 2.78. The second-order valence-corrected chi connectivity index (χ2v) is 2.78. The molecule has 0 saturated carbocycles. The molecule has 0 aliphatic rings. The van der Waals surface area contributed by atoms with Crippen molar-refractivity contribution in [1.82, 2.24) is 15.6 Å². The maximum Gasteiger partial charge on any atom is 0.328 e. The standard InChI is InChI=1S/C7H18N4O/c1-4-11(3)6(2)5-9-7(12)10-8/h6H,4-5,8H2,1-3H3,(H2,9,10,12). The number of hydrazine groups is 1. The fourth-order valence-electron chi connectivity index (χ4n) is 0.759. The van der Waals surface area contributed by atoms with Gasteiger partial charge in [0.25, 0.3) is 0 Å². The van der Waals surface area contributed by atoms with Crippen LogP contribution in [0.1, 0.15) is 13.8 Å². The van der Waals surface area contributed by atoms with Gasteiger partial charge >= 0.3 is 6.03 Å². The van der Waals surface area contributed by atoms with Crippen LogP contribution in [-0.4, -0.2) is 37.1 Å². The fraction of sp³-hybridized carbons (Fsp3) is 0.857. The SMILES string of the molecule is CCN(C)C(C)CNC(=O)NN. The lowest BCUT2D eigenvalue weighted by atomic mass is 10.3. The molecule has 5 nitrogen and oxygen atoms in total. The van der Waals surface area contributed by atoms with E-state index in [2.05, 4.69) is 17.1 Å². The van der Waals surface area contributed by atoms with Crippen molar-refractivity contribution in [1.29, 1.82) is 0 Å². The Labute approximate surface area is 73.3 Å². The predicted octanol–water partition coefficient (Wildman–Crippen LogP) is -0.500. The average molecular weight is 174 g/mol. The van der Waals surface area contributed by atoms with Gasteiger partial charge in [0.1, 0.15) is 0 Å². The van der Waals surface area contributed by atoms with Crippen LogP contribution in [0.5, 0.6) is 0 Å². The molecule has 0 aromatic carbocycles. The second kappa shape index (κ2) is 5.79. The molecule has 5 heteroatoms. The average Bonchev–Trinajstić information content (AvgIpc) is 2.11. The van der Waals surface area contributed by atoms with Gasteiger partial charge in [0.05, 0.1) is 0 Å². The van der Waals surface area contributed by atoms with Crippen molar-refractivity contribution in [2.75, 3.05) is 20.1 Å². The first-order valence-electron chi connectivity index (χ1n) is 4.06. The summed E-state index contributed by atoms with van der Waals surface area (Å²) in [6, 6.07) is -0.0151. The molecule has 0 aliphatic carbocycles. The highest BCUT2D eigenvalue weighted by molar-refractivity contribution is 5.73. The molecule has 0 rings (SSSR count). The van der Waals surface area contributed by atoms with Crippen molar-refractivity contribution >= 4 is 6.03 Å². The fourth-order valence-corrected chi connectivity index (χ4v) is 0.759. The van der Waals surface area contributed by atoms with Crippen molar-refractivity contribution in [2.45, 2.75) is 19.9 Å². The van der Waals surface area contributed by atoms with Gasteiger partial charge in [-0.05, 0) is 20.5 Å². The minimum Gasteiger partial charge on any atom is -0.335 e. The molecule has 0 spiro atoms. The molecule has 1 atom stereocenters. The normalized spacial score (nSPS) is 12.8. The molecule has 0 radical (unpaired) electrons. The molecule has 0 aromatic rings. The Hall–Kier alpha value is -0.810. The number of likely N-dealkylation sites (N-methyl/N-ethyl adjacent to an activating group) is 1. The van der Waals surface area contributed by atoms with E-state index in [0.717, 1.165) is 6.54 Å². The third kappa shape index (κ3) is 4.15. The summed E-state index contributed by atoms with van der Waals surface area (Å²) in [5.41, 5.74) is 2.01. The van der Waals surface area contributed by atoms with E-state index in [1.165, 1.54) is 0 Å². The molecule has 0 aromatic heterocycles. The summed E-state index contributed by atoms with van der Waals surface area (Å²) in [5.74, 6) is 4.89. The molecule has 0 aliphatic heterocycles. The molecule has 1 unspecified atom stereocenters. The van der Waals surface area contributed by atoms with Gasteiger partial charge in [0.2, 0.25) is 0 Å². The third-order valence-corrected chi connectivity index (χ3v) is 1.94. The zero-order chi connectivity index (χ0) is 9.56. The third-order valence-electron chi connectivity index (χ3n) is 1.94. The van der Waals surface area contributed by atoms with E-state index in [1.54, 1.807) is 0 Å². The summed E-state index contributed by atoms with van der Waals surface area (Å²) in [7, 11) is 2.01. The quantitative estimate of drug-likeness (QED) is 0.306. The topological polar surface area (TPSA) is 70.4 Å². The number of rotatable bonds is 4. The maximum absolute atomic E-state index is 10.7. The summed E-state index contributed by atoms with van der Waals surface area (Å²) in [5, 5.41) is 2.63. The minimum atomic E-state index is -0.341. The Balaban J connectivity index is 3.56. The van der Waals surface area contributed by atoms with Gasteiger partial charge in [-0.2, -0.15) is 0 Å². The van der Waals surface area contributed by atoms with Gasteiger partial charge < -0.3 is 10.2 Å². The van der Waals surface area contributed by atoms with E-state index in [0.29, 0.717) is 12.6 Å². The molecular weight excluding hydrogens is 156 g/mol. The summed E-state index contributed by atoms with van der Waals surface area (Å²) < 4.78 is 0. The molecule has 0 bridgehead atoms. The van der Waals surface area contributed by atoms with Crippen molar-refractivity contribution in [2.24, 2.45) is 5.84 Å². The Morgan fingerprint density at radius 3 is 2.67 bits per heavy atom. The van der Waals surface area contributed by atoms with Gasteiger partial charge in [0.15, 0.2) is 0 Å². The Morgan fingerprint density at radius 2 is 2.25 bits per heavy atom. The molecular formula is C7H18N4O. The van der Waals surface area contributed by atoms with Crippen LogP contribution >= 0.6 is 0 Å². The molecule has 0 saturated heterocycles.